The van der Waals surface area contributed by atoms with E-state index in [2.05, 4.69) is 22.9 Å². The van der Waals surface area contributed by atoms with E-state index in [1.54, 1.807) is 24.3 Å². The van der Waals surface area contributed by atoms with Crippen molar-refractivity contribution in [3.05, 3.63) is 24.3 Å². The Bertz CT molecular complexity index is 446. The minimum absolute atomic E-state index is 0.137. The molecule has 5 nitrogen and oxygen atoms in total. The molecule has 0 aromatic heterocycles. The van der Waals surface area contributed by atoms with E-state index in [1.807, 2.05) is 0 Å². The second-order valence-electron chi connectivity index (χ2n) is 4.70. The van der Waals surface area contributed by atoms with Crippen molar-refractivity contribution in [2.75, 3.05) is 17.2 Å². The van der Waals surface area contributed by atoms with Crippen LogP contribution in [0, 0.1) is 0 Å². The molecule has 3 amide bonds. The van der Waals surface area contributed by atoms with E-state index in [-0.39, 0.29) is 11.9 Å². The highest BCUT2D eigenvalue weighted by atomic mass is 16.2. The van der Waals surface area contributed by atoms with Gasteiger partial charge in [-0.15, -0.1) is 0 Å². The predicted octanol–water partition coefficient (Wildman–Crippen LogP) is 3.35. The summed E-state index contributed by atoms with van der Waals surface area (Å²) >= 11 is 0. The Morgan fingerprint density at radius 1 is 1.05 bits per heavy atom. The first-order chi connectivity index (χ1) is 9.61. The highest BCUT2D eigenvalue weighted by Gasteiger charge is 2.02. The van der Waals surface area contributed by atoms with E-state index in [0.29, 0.717) is 17.9 Å². The number of unbranched alkanes of at least 4 members (excludes halogenated alkanes) is 3. The summed E-state index contributed by atoms with van der Waals surface area (Å²) in [7, 11) is 0. The van der Waals surface area contributed by atoms with Gasteiger partial charge in [-0.1, -0.05) is 32.3 Å². The van der Waals surface area contributed by atoms with Crippen LogP contribution >= 0.6 is 0 Å². The zero-order valence-electron chi connectivity index (χ0n) is 12.2. The maximum Gasteiger partial charge on any atom is 0.319 e. The van der Waals surface area contributed by atoms with Crippen molar-refractivity contribution >= 4 is 23.3 Å². The highest BCUT2D eigenvalue weighted by Crippen LogP contribution is 2.14. The predicted molar refractivity (Wildman–Crippen MR) is 81.9 cm³/mol. The van der Waals surface area contributed by atoms with Crippen LogP contribution in [0.25, 0.3) is 0 Å². The molecule has 1 rings (SSSR count). The lowest BCUT2D eigenvalue weighted by atomic mass is 10.2. The van der Waals surface area contributed by atoms with Crippen LogP contribution in [0.5, 0.6) is 0 Å². The van der Waals surface area contributed by atoms with E-state index < -0.39 is 0 Å². The first-order valence-corrected chi connectivity index (χ1v) is 7.04. The van der Waals surface area contributed by atoms with Crippen LogP contribution in [-0.2, 0) is 4.79 Å². The summed E-state index contributed by atoms with van der Waals surface area (Å²) in [4.78, 5) is 22.6. The van der Waals surface area contributed by atoms with Crippen LogP contribution in [0.4, 0.5) is 16.2 Å². The Balaban J connectivity index is 2.36. The van der Waals surface area contributed by atoms with Gasteiger partial charge in [0, 0.05) is 24.8 Å². The Hall–Kier alpha value is -2.04. The number of anilines is 2. The summed E-state index contributed by atoms with van der Waals surface area (Å²) in [5.41, 5.74) is 1.32. The molecular formula is C15H23N3O2. The van der Waals surface area contributed by atoms with E-state index in [1.165, 1.54) is 19.8 Å². The lowest BCUT2D eigenvalue weighted by Crippen LogP contribution is -2.29. The van der Waals surface area contributed by atoms with Gasteiger partial charge in [0.1, 0.15) is 0 Å². The Labute approximate surface area is 120 Å². The molecule has 3 N–H and O–H groups in total. The lowest BCUT2D eigenvalue weighted by Gasteiger charge is -2.09. The Kier molecular flexibility index (Phi) is 7.17. The molecule has 0 aliphatic rings. The van der Waals surface area contributed by atoms with Crippen molar-refractivity contribution in [1.82, 2.24) is 5.32 Å². The maximum atomic E-state index is 11.7. The molecule has 5 heteroatoms. The van der Waals surface area contributed by atoms with Crippen molar-refractivity contribution in [2.45, 2.75) is 39.5 Å². The number of hydrogen-bond donors (Lipinski definition) is 3. The second-order valence-corrected chi connectivity index (χ2v) is 4.70. The van der Waals surface area contributed by atoms with Gasteiger partial charge in [0.2, 0.25) is 5.91 Å². The molecule has 110 valence electrons. The number of urea groups is 1. The van der Waals surface area contributed by atoms with Gasteiger partial charge in [0.05, 0.1) is 0 Å². The fourth-order valence-electron chi connectivity index (χ4n) is 1.81. The first kappa shape index (κ1) is 16.0. The van der Waals surface area contributed by atoms with Gasteiger partial charge >= 0.3 is 6.03 Å². The number of nitrogens with one attached hydrogen (secondary N) is 3. The van der Waals surface area contributed by atoms with E-state index in [9.17, 15) is 9.59 Å². The normalized spacial score (nSPS) is 9.90. The first-order valence-electron chi connectivity index (χ1n) is 7.04. The average molecular weight is 277 g/mol. The molecule has 0 atom stereocenters. The zero-order chi connectivity index (χ0) is 14.8. The Morgan fingerprint density at radius 2 is 1.75 bits per heavy atom. The number of rotatable bonds is 7. The van der Waals surface area contributed by atoms with Crippen LogP contribution < -0.4 is 16.0 Å². The molecule has 0 saturated carbocycles. The quantitative estimate of drug-likeness (QED) is 0.669. The number of amides is 3. The summed E-state index contributed by atoms with van der Waals surface area (Å²) in [6.07, 6.45) is 4.51. The SMILES string of the molecule is CCCCCCNC(=O)Nc1cccc(NC(C)=O)c1. The number of carbonyl (C=O) groups is 2. The molecule has 20 heavy (non-hydrogen) atoms. The molecule has 0 bridgehead atoms. The monoisotopic (exact) mass is 277 g/mol. The van der Waals surface area contributed by atoms with Gasteiger partial charge in [-0.05, 0) is 24.6 Å². The minimum atomic E-state index is -0.221. The van der Waals surface area contributed by atoms with Crippen molar-refractivity contribution < 1.29 is 9.59 Å². The largest absolute Gasteiger partial charge is 0.338 e. The van der Waals surface area contributed by atoms with Crippen molar-refractivity contribution in [3.8, 4) is 0 Å². The molecule has 0 heterocycles. The highest BCUT2D eigenvalue weighted by molar-refractivity contribution is 5.92. The summed E-state index contributed by atoms with van der Waals surface area (Å²) in [5, 5.41) is 8.23. The molecule has 1 aromatic carbocycles. The van der Waals surface area contributed by atoms with Gasteiger partial charge in [0.15, 0.2) is 0 Å². The van der Waals surface area contributed by atoms with Gasteiger partial charge in [-0.25, -0.2) is 4.79 Å². The lowest BCUT2D eigenvalue weighted by molar-refractivity contribution is -0.114. The topological polar surface area (TPSA) is 70.2 Å². The van der Waals surface area contributed by atoms with E-state index >= 15 is 0 Å². The van der Waals surface area contributed by atoms with E-state index in [0.717, 1.165) is 12.8 Å². The fourth-order valence-corrected chi connectivity index (χ4v) is 1.81. The molecule has 0 radical (unpaired) electrons. The molecular weight excluding hydrogens is 254 g/mol. The third-order valence-electron chi connectivity index (χ3n) is 2.76. The van der Waals surface area contributed by atoms with E-state index in [4.69, 9.17) is 0 Å². The standard InChI is InChI=1S/C15H23N3O2/c1-3-4-5-6-10-16-15(20)18-14-9-7-8-13(11-14)17-12(2)19/h7-9,11H,3-6,10H2,1-2H3,(H,17,19)(H2,16,18,20). The van der Waals surface area contributed by atoms with Crippen LogP contribution in [0.15, 0.2) is 24.3 Å². The van der Waals surface area contributed by atoms with Crippen LogP contribution in [0.2, 0.25) is 0 Å². The smallest absolute Gasteiger partial charge is 0.319 e. The summed E-state index contributed by atoms with van der Waals surface area (Å²) in [6.45, 7) is 4.28. The van der Waals surface area contributed by atoms with Gasteiger partial charge in [-0.2, -0.15) is 0 Å². The third kappa shape index (κ3) is 6.78. The number of hydrogen-bond acceptors (Lipinski definition) is 2. The molecule has 1 aromatic rings. The third-order valence-corrected chi connectivity index (χ3v) is 2.76. The van der Waals surface area contributed by atoms with Crippen LogP contribution in [0.1, 0.15) is 39.5 Å². The summed E-state index contributed by atoms with van der Waals surface area (Å²) in [6, 6.07) is 6.83. The number of benzene rings is 1. The minimum Gasteiger partial charge on any atom is -0.338 e. The van der Waals surface area contributed by atoms with Gasteiger partial charge in [-0.3, -0.25) is 4.79 Å². The van der Waals surface area contributed by atoms with Gasteiger partial charge in [0.25, 0.3) is 0 Å². The molecule has 0 unspecified atom stereocenters. The fraction of sp³-hybridized carbons (Fsp3) is 0.467. The molecule has 0 spiro atoms. The molecule has 0 fully saturated rings. The van der Waals surface area contributed by atoms with Crippen LogP contribution in [0.3, 0.4) is 0 Å². The van der Waals surface area contributed by atoms with Crippen LogP contribution in [-0.4, -0.2) is 18.5 Å². The van der Waals surface area contributed by atoms with Gasteiger partial charge < -0.3 is 16.0 Å². The molecule has 0 aliphatic carbocycles. The molecule has 0 saturated heterocycles. The summed E-state index contributed by atoms with van der Waals surface area (Å²) in [5.74, 6) is -0.137. The van der Waals surface area contributed by atoms with Crippen molar-refractivity contribution in [1.29, 1.82) is 0 Å². The zero-order valence-corrected chi connectivity index (χ0v) is 12.2. The van der Waals surface area contributed by atoms with Crippen molar-refractivity contribution in [2.24, 2.45) is 0 Å². The van der Waals surface area contributed by atoms with Crippen molar-refractivity contribution in [3.63, 3.8) is 0 Å². The molecule has 0 aliphatic heterocycles. The maximum absolute atomic E-state index is 11.7. The second kappa shape index (κ2) is 8.96. The number of carbonyl (C=O) groups excluding carboxylic acids is 2. The Morgan fingerprint density at radius 3 is 2.40 bits per heavy atom. The average Bonchev–Trinajstić information content (AvgIpc) is 2.38. The summed E-state index contributed by atoms with van der Waals surface area (Å²) < 4.78 is 0.